The summed E-state index contributed by atoms with van der Waals surface area (Å²) in [7, 11) is 0. The van der Waals surface area contributed by atoms with Crippen molar-refractivity contribution in [2.24, 2.45) is 0 Å². The van der Waals surface area contributed by atoms with Gasteiger partial charge in [0.15, 0.2) is 5.56 Å². The average Bonchev–Trinajstić information content (AvgIpc) is 2.25. The molecule has 84 valence electrons. The van der Waals surface area contributed by atoms with Crippen molar-refractivity contribution in [3.63, 3.8) is 0 Å². The lowest BCUT2D eigenvalue weighted by Crippen LogP contribution is -2.13. The molecule has 0 saturated carbocycles. The number of nitriles is 1. The van der Waals surface area contributed by atoms with Gasteiger partial charge in [0.1, 0.15) is 18.4 Å². The molecule has 1 N–H and O–H groups in total. The first kappa shape index (κ1) is 11.9. The van der Waals surface area contributed by atoms with E-state index in [1.807, 2.05) is 0 Å². The summed E-state index contributed by atoms with van der Waals surface area (Å²) in [5.74, 6) is 0.109. The zero-order valence-corrected chi connectivity index (χ0v) is 8.58. The number of ether oxygens (including phenoxy) is 1. The van der Waals surface area contributed by atoms with Gasteiger partial charge in [0, 0.05) is 6.07 Å². The maximum absolute atomic E-state index is 10.6. The summed E-state index contributed by atoms with van der Waals surface area (Å²) < 4.78 is 5.10. The third kappa shape index (κ3) is 2.68. The van der Waals surface area contributed by atoms with Gasteiger partial charge in [-0.05, 0) is 13.0 Å². The number of rotatable bonds is 4. The first-order valence-electron chi connectivity index (χ1n) is 4.54. The van der Waals surface area contributed by atoms with E-state index in [0.717, 1.165) is 0 Å². The lowest BCUT2D eigenvalue weighted by atomic mass is 10.2. The SMILES string of the molecule is CC(O)COc1cccc([N+](=O)[O-])c1C#N. The third-order valence-corrected chi connectivity index (χ3v) is 1.79. The second-order valence-corrected chi connectivity index (χ2v) is 3.18. The minimum atomic E-state index is -0.703. The van der Waals surface area contributed by atoms with Crippen LogP contribution in [0.2, 0.25) is 0 Å². The molecular weight excluding hydrogens is 212 g/mol. The molecule has 1 atom stereocenters. The smallest absolute Gasteiger partial charge is 0.290 e. The summed E-state index contributed by atoms with van der Waals surface area (Å²) in [6.07, 6.45) is -0.703. The molecular formula is C10H10N2O4. The Hall–Kier alpha value is -2.13. The van der Waals surface area contributed by atoms with Gasteiger partial charge >= 0.3 is 0 Å². The van der Waals surface area contributed by atoms with E-state index >= 15 is 0 Å². The Morgan fingerprint density at radius 3 is 2.88 bits per heavy atom. The van der Waals surface area contributed by atoms with Crippen LogP contribution in [-0.4, -0.2) is 22.7 Å². The molecule has 1 aromatic carbocycles. The first-order chi connectivity index (χ1) is 7.56. The number of hydrogen-bond donors (Lipinski definition) is 1. The van der Waals surface area contributed by atoms with Crippen LogP contribution in [0.1, 0.15) is 12.5 Å². The largest absolute Gasteiger partial charge is 0.489 e. The molecule has 6 nitrogen and oxygen atoms in total. The monoisotopic (exact) mass is 222 g/mol. The molecule has 0 amide bonds. The van der Waals surface area contributed by atoms with Crippen LogP contribution in [0, 0.1) is 21.4 Å². The van der Waals surface area contributed by atoms with Crippen LogP contribution in [0.25, 0.3) is 0 Å². The lowest BCUT2D eigenvalue weighted by molar-refractivity contribution is -0.385. The Bertz CT molecular complexity index is 437. The number of aliphatic hydroxyl groups excluding tert-OH is 1. The van der Waals surface area contributed by atoms with E-state index < -0.39 is 11.0 Å². The van der Waals surface area contributed by atoms with E-state index in [9.17, 15) is 10.1 Å². The molecule has 1 unspecified atom stereocenters. The highest BCUT2D eigenvalue weighted by Gasteiger charge is 2.18. The highest BCUT2D eigenvalue weighted by Crippen LogP contribution is 2.27. The summed E-state index contributed by atoms with van der Waals surface area (Å²) >= 11 is 0. The van der Waals surface area contributed by atoms with E-state index in [1.165, 1.54) is 25.1 Å². The molecule has 0 aliphatic rings. The van der Waals surface area contributed by atoms with Gasteiger partial charge in [-0.15, -0.1) is 0 Å². The quantitative estimate of drug-likeness (QED) is 0.610. The molecule has 0 fully saturated rings. The molecule has 0 radical (unpaired) electrons. The first-order valence-corrected chi connectivity index (χ1v) is 4.54. The molecule has 0 aliphatic heterocycles. The molecule has 6 heteroatoms. The van der Waals surface area contributed by atoms with Crippen molar-refractivity contribution in [3.8, 4) is 11.8 Å². The van der Waals surface area contributed by atoms with Crippen molar-refractivity contribution in [1.29, 1.82) is 5.26 Å². The molecule has 0 bridgehead atoms. The van der Waals surface area contributed by atoms with Crippen molar-refractivity contribution in [2.75, 3.05) is 6.61 Å². The Labute approximate surface area is 91.8 Å². The maximum atomic E-state index is 10.6. The summed E-state index contributed by atoms with van der Waals surface area (Å²) in [5, 5.41) is 28.5. The second-order valence-electron chi connectivity index (χ2n) is 3.18. The molecule has 1 rings (SSSR count). The summed E-state index contributed by atoms with van der Waals surface area (Å²) in [5.41, 5.74) is -0.432. The number of nitro groups is 1. The van der Waals surface area contributed by atoms with Crippen molar-refractivity contribution < 1.29 is 14.8 Å². The maximum Gasteiger partial charge on any atom is 0.290 e. The third-order valence-electron chi connectivity index (χ3n) is 1.79. The second kappa shape index (κ2) is 5.09. The summed E-state index contributed by atoms with van der Waals surface area (Å²) in [4.78, 5) is 9.98. The fraction of sp³-hybridized carbons (Fsp3) is 0.300. The standard InChI is InChI=1S/C10H10N2O4/c1-7(13)6-16-10-4-2-3-9(12(14)15)8(10)5-11/h2-4,7,13H,6H2,1H3. The molecule has 16 heavy (non-hydrogen) atoms. The number of nitro benzene ring substituents is 1. The van der Waals surface area contributed by atoms with Crippen LogP contribution in [0.4, 0.5) is 5.69 Å². The zero-order chi connectivity index (χ0) is 12.1. The van der Waals surface area contributed by atoms with E-state index in [2.05, 4.69) is 0 Å². The number of hydrogen-bond acceptors (Lipinski definition) is 5. The number of benzene rings is 1. The van der Waals surface area contributed by atoms with Gasteiger partial charge in [-0.1, -0.05) is 6.07 Å². The average molecular weight is 222 g/mol. The molecule has 1 aromatic rings. The number of aliphatic hydroxyl groups is 1. The van der Waals surface area contributed by atoms with Crippen LogP contribution in [0.15, 0.2) is 18.2 Å². The normalized spacial score (nSPS) is 11.6. The highest BCUT2D eigenvalue weighted by molar-refractivity contribution is 5.56. The van der Waals surface area contributed by atoms with Crippen LogP contribution in [0.3, 0.4) is 0 Å². The van der Waals surface area contributed by atoms with Gasteiger partial charge in [-0.25, -0.2) is 0 Å². The highest BCUT2D eigenvalue weighted by atomic mass is 16.6. The topological polar surface area (TPSA) is 96.4 Å². The van der Waals surface area contributed by atoms with E-state index in [0.29, 0.717) is 0 Å². The van der Waals surface area contributed by atoms with Gasteiger partial charge in [0.25, 0.3) is 5.69 Å². The lowest BCUT2D eigenvalue weighted by Gasteiger charge is -2.09. The van der Waals surface area contributed by atoms with Crippen molar-refractivity contribution in [2.45, 2.75) is 13.0 Å². The molecule has 0 spiro atoms. The van der Waals surface area contributed by atoms with Gasteiger partial charge in [0.2, 0.25) is 0 Å². The van der Waals surface area contributed by atoms with Crippen LogP contribution < -0.4 is 4.74 Å². The molecule has 0 saturated heterocycles. The van der Waals surface area contributed by atoms with Crippen LogP contribution in [0.5, 0.6) is 5.75 Å². The fourth-order valence-electron chi connectivity index (χ4n) is 1.11. The predicted molar refractivity (Wildman–Crippen MR) is 55.0 cm³/mol. The van der Waals surface area contributed by atoms with Crippen LogP contribution >= 0.6 is 0 Å². The van der Waals surface area contributed by atoms with Crippen molar-refractivity contribution >= 4 is 5.69 Å². The fourth-order valence-corrected chi connectivity index (χ4v) is 1.11. The van der Waals surface area contributed by atoms with Crippen molar-refractivity contribution in [1.82, 2.24) is 0 Å². The van der Waals surface area contributed by atoms with E-state index in [-0.39, 0.29) is 23.6 Å². The zero-order valence-electron chi connectivity index (χ0n) is 8.58. The summed E-state index contributed by atoms with van der Waals surface area (Å²) in [6.45, 7) is 1.50. The number of nitrogens with zero attached hydrogens (tertiary/aromatic N) is 2. The molecule has 0 aromatic heterocycles. The summed E-state index contributed by atoms with van der Waals surface area (Å²) in [6, 6.07) is 5.83. The molecule has 0 heterocycles. The Balaban J connectivity index is 3.06. The minimum Gasteiger partial charge on any atom is -0.489 e. The van der Waals surface area contributed by atoms with Gasteiger partial charge < -0.3 is 9.84 Å². The Morgan fingerprint density at radius 1 is 1.69 bits per heavy atom. The van der Waals surface area contributed by atoms with Gasteiger partial charge in [-0.2, -0.15) is 5.26 Å². The van der Waals surface area contributed by atoms with Crippen molar-refractivity contribution in [3.05, 3.63) is 33.9 Å². The Morgan fingerprint density at radius 2 is 2.38 bits per heavy atom. The van der Waals surface area contributed by atoms with Gasteiger partial charge in [-0.3, -0.25) is 10.1 Å². The van der Waals surface area contributed by atoms with E-state index in [1.54, 1.807) is 6.07 Å². The minimum absolute atomic E-state index is 0.0180. The predicted octanol–water partition coefficient (Wildman–Crippen LogP) is 1.23. The van der Waals surface area contributed by atoms with E-state index in [4.69, 9.17) is 15.1 Å². The van der Waals surface area contributed by atoms with Gasteiger partial charge in [0.05, 0.1) is 11.0 Å². The van der Waals surface area contributed by atoms with Crippen LogP contribution in [-0.2, 0) is 0 Å². The Kier molecular flexibility index (Phi) is 3.80. The molecule has 0 aliphatic carbocycles.